The average molecular weight is 407 g/mol. The van der Waals surface area contributed by atoms with Gasteiger partial charge in [0.25, 0.3) is 5.56 Å². The predicted octanol–water partition coefficient (Wildman–Crippen LogP) is 3.01. The largest absolute Gasteiger partial charge is 0.457 e. The molecule has 0 unspecified atom stereocenters. The maximum absolute atomic E-state index is 12.4. The summed E-state index contributed by atoms with van der Waals surface area (Å²) in [6.07, 6.45) is 1.17. The van der Waals surface area contributed by atoms with Crippen molar-refractivity contribution in [2.24, 2.45) is 0 Å². The minimum absolute atomic E-state index is 0.0196. The number of nitrogens with zero attached hydrogens (tertiary/aromatic N) is 1. The Kier molecular flexibility index (Phi) is 5.50. The Balaban J connectivity index is 1.70. The Morgan fingerprint density at radius 1 is 1.00 bits per heavy atom. The van der Waals surface area contributed by atoms with E-state index in [0.29, 0.717) is 21.3 Å². The van der Waals surface area contributed by atoms with E-state index < -0.39 is 15.6 Å². The summed E-state index contributed by atoms with van der Waals surface area (Å²) in [5, 5.41) is 9.90. The summed E-state index contributed by atoms with van der Waals surface area (Å²) in [7, 11) is -3.84. The van der Waals surface area contributed by atoms with Crippen LogP contribution in [0.15, 0.2) is 76.6 Å². The van der Waals surface area contributed by atoms with Crippen molar-refractivity contribution in [1.82, 2.24) is 9.45 Å². The molecule has 2 aromatic carbocycles. The number of ether oxygens (including phenoxy) is 1. The third-order valence-corrected chi connectivity index (χ3v) is 5.31. The molecular weight excluding hydrogens is 392 g/mol. The first-order chi connectivity index (χ1) is 12.8. The normalized spacial score (nSPS) is 11.3. The lowest BCUT2D eigenvalue weighted by Crippen LogP contribution is -2.29. The smallest absolute Gasteiger partial charge is 0.287 e. The van der Waals surface area contributed by atoms with Crippen molar-refractivity contribution < 1.29 is 18.4 Å². The number of hydrogen-bond donors (Lipinski definition) is 2. The molecule has 0 amide bonds. The fourth-order valence-electron chi connectivity index (χ4n) is 2.24. The van der Waals surface area contributed by atoms with Crippen molar-refractivity contribution in [2.75, 3.05) is 0 Å². The highest BCUT2D eigenvalue weighted by Gasteiger charge is 2.15. The van der Waals surface area contributed by atoms with Crippen LogP contribution in [0.4, 0.5) is 0 Å². The summed E-state index contributed by atoms with van der Waals surface area (Å²) in [5.74, 6) is 1.03. The molecule has 0 bridgehead atoms. The molecule has 0 spiro atoms. The van der Waals surface area contributed by atoms with Crippen LogP contribution in [0.2, 0.25) is 5.02 Å². The minimum Gasteiger partial charge on any atom is -0.457 e. The van der Waals surface area contributed by atoms with Gasteiger partial charge in [0.2, 0.25) is 10.0 Å². The average Bonchev–Trinajstić information content (AvgIpc) is 2.65. The number of rotatable bonds is 6. The van der Waals surface area contributed by atoms with E-state index in [0.717, 1.165) is 0 Å². The molecule has 0 aliphatic heterocycles. The molecule has 1 aromatic heterocycles. The summed E-state index contributed by atoms with van der Waals surface area (Å²) < 4.78 is 33.1. The van der Waals surface area contributed by atoms with Gasteiger partial charge < -0.3 is 9.94 Å². The van der Waals surface area contributed by atoms with Crippen molar-refractivity contribution in [3.05, 3.63) is 87.8 Å². The van der Waals surface area contributed by atoms with Gasteiger partial charge in [0.1, 0.15) is 11.5 Å². The summed E-state index contributed by atoms with van der Waals surface area (Å²) in [6, 6.07) is 15.5. The number of hydrogen-bond acceptors (Lipinski definition) is 5. The maximum atomic E-state index is 12.4. The van der Waals surface area contributed by atoms with Crippen molar-refractivity contribution >= 4 is 21.6 Å². The van der Waals surface area contributed by atoms with Crippen molar-refractivity contribution in [3.8, 4) is 11.5 Å². The molecule has 0 atom stereocenters. The highest BCUT2D eigenvalue weighted by atomic mass is 35.5. The molecule has 0 radical (unpaired) electrons. The number of pyridine rings is 1. The third kappa shape index (κ3) is 4.68. The molecule has 0 aliphatic rings. The van der Waals surface area contributed by atoms with E-state index in [2.05, 4.69) is 4.72 Å². The third-order valence-electron chi connectivity index (χ3n) is 3.64. The van der Waals surface area contributed by atoms with Gasteiger partial charge in [0, 0.05) is 23.3 Å². The lowest BCUT2D eigenvalue weighted by molar-refractivity contribution is 0.173. The molecule has 0 saturated heterocycles. The summed E-state index contributed by atoms with van der Waals surface area (Å²) >= 11 is 5.81. The monoisotopic (exact) mass is 406 g/mol. The number of aromatic nitrogens is 1. The SMILES string of the molecule is O=c1c(CNS(=O)(=O)c2ccc(Oc3ccc(Cl)cc3)cc2)cccn1O. The van der Waals surface area contributed by atoms with Crippen LogP contribution in [-0.2, 0) is 16.6 Å². The number of nitrogens with one attached hydrogen (secondary N) is 1. The van der Waals surface area contributed by atoms with Gasteiger partial charge in [-0.3, -0.25) is 4.79 Å². The number of halogens is 1. The fraction of sp³-hybridized carbons (Fsp3) is 0.0556. The predicted molar refractivity (Wildman–Crippen MR) is 99.9 cm³/mol. The molecule has 9 heteroatoms. The first-order valence-electron chi connectivity index (χ1n) is 7.78. The molecule has 0 aliphatic carbocycles. The van der Waals surface area contributed by atoms with Gasteiger partial charge in [-0.05, 0) is 54.6 Å². The van der Waals surface area contributed by atoms with Gasteiger partial charge in [-0.25, -0.2) is 13.1 Å². The molecule has 7 nitrogen and oxygen atoms in total. The molecule has 1 heterocycles. The van der Waals surface area contributed by atoms with Gasteiger partial charge >= 0.3 is 0 Å². The number of benzene rings is 2. The quantitative estimate of drug-likeness (QED) is 0.613. The fourth-order valence-corrected chi connectivity index (χ4v) is 3.38. The summed E-state index contributed by atoms with van der Waals surface area (Å²) in [5.41, 5.74) is -0.571. The van der Waals surface area contributed by atoms with Crippen molar-refractivity contribution in [3.63, 3.8) is 0 Å². The van der Waals surface area contributed by atoms with E-state index >= 15 is 0 Å². The van der Waals surface area contributed by atoms with Crippen LogP contribution < -0.4 is 15.0 Å². The lowest BCUT2D eigenvalue weighted by Gasteiger charge is -2.09. The van der Waals surface area contributed by atoms with Gasteiger partial charge in [-0.1, -0.05) is 17.7 Å². The van der Waals surface area contributed by atoms with Gasteiger partial charge in [0.05, 0.1) is 4.90 Å². The van der Waals surface area contributed by atoms with E-state index in [9.17, 15) is 18.4 Å². The van der Waals surface area contributed by atoms with Crippen LogP contribution in [0.5, 0.6) is 11.5 Å². The zero-order chi connectivity index (χ0) is 19.4. The Morgan fingerprint density at radius 3 is 2.22 bits per heavy atom. The molecule has 0 fully saturated rings. The van der Waals surface area contributed by atoms with E-state index in [1.165, 1.54) is 42.6 Å². The molecule has 3 rings (SSSR count). The lowest BCUT2D eigenvalue weighted by atomic mass is 10.3. The van der Waals surface area contributed by atoms with Crippen LogP contribution in [0.25, 0.3) is 0 Å². The van der Waals surface area contributed by atoms with E-state index in [1.807, 2.05) is 0 Å². The second-order valence-corrected chi connectivity index (χ2v) is 7.74. The number of sulfonamides is 1. The van der Waals surface area contributed by atoms with Gasteiger partial charge in [-0.2, -0.15) is 4.73 Å². The zero-order valence-electron chi connectivity index (χ0n) is 13.9. The van der Waals surface area contributed by atoms with Crippen LogP contribution in [-0.4, -0.2) is 18.4 Å². The van der Waals surface area contributed by atoms with Crippen molar-refractivity contribution in [1.29, 1.82) is 0 Å². The van der Waals surface area contributed by atoms with E-state index in [-0.39, 0.29) is 17.0 Å². The molecular formula is C18H15ClN2O5S. The topological polar surface area (TPSA) is 97.6 Å². The zero-order valence-corrected chi connectivity index (χ0v) is 15.4. The molecule has 27 heavy (non-hydrogen) atoms. The van der Waals surface area contributed by atoms with Crippen molar-refractivity contribution in [2.45, 2.75) is 11.4 Å². The Labute approximate surface area is 160 Å². The van der Waals surface area contributed by atoms with E-state index in [1.54, 1.807) is 24.3 Å². The molecule has 0 saturated carbocycles. The van der Waals surface area contributed by atoms with E-state index in [4.69, 9.17) is 16.3 Å². The summed E-state index contributed by atoms with van der Waals surface area (Å²) in [4.78, 5) is 11.7. The Bertz CT molecular complexity index is 1090. The highest BCUT2D eigenvalue weighted by Crippen LogP contribution is 2.24. The van der Waals surface area contributed by atoms with Gasteiger partial charge in [-0.15, -0.1) is 0 Å². The van der Waals surface area contributed by atoms with Crippen LogP contribution >= 0.6 is 11.6 Å². The Hall–Kier alpha value is -2.81. The molecule has 2 N–H and O–H groups in total. The standard InChI is InChI=1S/C18H15ClN2O5S/c19-14-3-5-15(6-4-14)26-16-7-9-17(10-8-16)27(24,25)20-12-13-2-1-11-21(23)18(13)22/h1-11,20,23H,12H2. The second-order valence-electron chi connectivity index (χ2n) is 5.54. The van der Waals surface area contributed by atoms with Crippen LogP contribution in [0.1, 0.15) is 5.56 Å². The first kappa shape index (κ1) is 19.0. The van der Waals surface area contributed by atoms with Gasteiger partial charge in [0.15, 0.2) is 0 Å². The summed E-state index contributed by atoms with van der Waals surface area (Å²) in [6.45, 7) is -0.244. The minimum atomic E-state index is -3.84. The first-order valence-corrected chi connectivity index (χ1v) is 9.64. The van der Waals surface area contributed by atoms with Crippen LogP contribution in [0, 0.1) is 0 Å². The Morgan fingerprint density at radius 2 is 1.59 bits per heavy atom. The maximum Gasteiger partial charge on any atom is 0.287 e. The molecule has 3 aromatic rings. The highest BCUT2D eigenvalue weighted by molar-refractivity contribution is 7.89. The molecule has 140 valence electrons. The second kappa shape index (κ2) is 7.83. The van der Waals surface area contributed by atoms with Crippen LogP contribution in [0.3, 0.4) is 0 Å².